The molecule has 0 rings (SSSR count). The Kier molecular flexibility index (Phi) is 15.0. The van der Waals surface area contributed by atoms with Crippen LogP contribution in [0.1, 0.15) is 12.8 Å². The van der Waals surface area contributed by atoms with Crippen molar-refractivity contribution < 1.29 is 0 Å². The Bertz CT molecular complexity index is 130. The molecule has 0 heterocycles. The monoisotopic (exact) mass is 262 g/mol. The fourth-order valence-corrected chi connectivity index (χ4v) is 3.59. The number of hydrogen-bond donors (Lipinski definition) is 0. The molecule has 0 aromatic carbocycles. The predicted octanol–water partition coefficient (Wildman–Crippen LogP) is 4.34. The highest BCUT2D eigenvalue weighted by Gasteiger charge is 1.91. The molecule has 3 heteroatoms. The molecular weight excluding hydrogens is 240 g/mol. The Morgan fingerprint density at radius 1 is 0.667 bits per heavy atom. The second-order valence-corrected chi connectivity index (χ2v) is 6.57. The normalized spacial score (nSPS) is 10.1. The molecule has 0 aromatic heterocycles. The van der Waals surface area contributed by atoms with Gasteiger partial charge in [0.15, 0.2) is 0 Å². The van der Waals surface area contributed by atoms with Gasteiger partial charge in [0, 0.05) is 11.5 Å². The van der Waals surface area contributed by atoms with Crippen LogP contribution in [-0.4, -0.2) is 34.5 Å². The van der Waals surface area contributed by atoms with Gasteiger partial charge in [-0.25, -0.2) is 0 Å². The molecule has 0 amide bonds. The minimum Gasteiger partial charge on any atom is -0.162 e. The van der Waals surface area contributed by atoms with Gasteiger partial charge in [-0.05, 0) is 35.9 Å². The van der Waals surface area contributed by atoms with Gasteiger partial charge in [0.05, 0.1) is 0 Å². The van der Waals surface area contributed by atoms with E-state index in [0.717, 1.165) is 11.5 Å². The third-order valence-electron chi connectivity index (χ3n) is 1.63. The average molecular weight is 263 g/mol. The van der Waals surface area contributed by atoms with Gasteiger partial charge in [-0.2, -0.15) is 35.3 Å². The first-order valence-corrected chi connectivity index (χ1v) is 8.83. The molecule has 0 unspecified atom stereocenters. The van der Waals surface area contributed by atoms with Crippen LogP contribution in [0.5, 0.6) is 0 Å². The van der Waals surface area contributed by atoms with Gasteiger partial charge >= 0.3 is 0 Å². The zero-order valence-corrected chi connectivity index (χ0v) is 11.9. The largest absolute Gasteiger partial charge is 0.162 e. The van der Waals surface area contributed by atoms with E-state index in [1.807, 2.05) is 35.7 Å². The van der Waals surface area contributed by atoms with E-state index in [2.05, 4.69) is 24.9 Å². The van der Waals surface area contributed by atoms with Crippen molar-refractivity contribution in [2.45, 2.75) is 12.8 Å². The van der Waals surface area contributed by atoms with Crippen LogP contribution in [0.2, 0.25) is 0 Å². The Morgan fingerprint density at radius 2 is 1.07 bits per heavy atom. The van der Waals surface area contributed by atoms with Crippen molar-refractivity contribution in [1.29, 1.82) is 0 Å². The summed E-state index contributed by atoms with van der Waals surface area (Å²) in [5, 5.41) is 0. The second-order valence-electron chi connectivity index (χ2n) is 3.05. The maximum Gasteiger partial charge on any atom is 0.0110 e. The average Bonchev–Trinajstić information content (AvgIpc) is 2.26. The van der Waals surface area contributed by atoms with Crippen molar-refractivity contribution >= 4 is 35.3 Å². The molecule has 0 nitrogen and oxygen atoms in total. The van der Waals surface area contributed by atoms with Crippen LogP contribution in [0.3, 0.4) is 0 Å². The molecular formula is C12H22S3. The van der Waals surface area contributed by atoms with E-state index in [9.17, 15) is 0 Å². The highest BCUT2D eigenvalue weighted by Crippen LogP contribution is 2.11. The number of hydrogen-bond acceptors (Lipinski definition) is 3. The van der Waals surface area contributed by atoms with Crippen LogP contribution in [-0.2, 0) is 0 Å². The molecule has 0 bridgehead atoms. The van der Waals surface area contributed by atoms with E-state index in [0.29, 0.717) is 0 Å². The minimum absolute atomic E-state index is 1.10. The summed E-state index contributed by atoms with van der Waals surface area (Å²) >= 11 is 6.05. The molecule has 0 saturated carbocycles. The van der Waals surface area contributed by atoms with E-state index in [-0.39, 0.29) is 0 Å². The molecule has 0 atom stereocenters. The summed E-state index contributed by atoms with van der Waals surface area (Å²) in [5.74, 6) is 7.40. The van der Waals surface area contributed by atoms with Crippen LogP contribution in [0, 0.1) is 0 Å². The van der Waals surface area contributed by atoms with E-state index >= 15 is 0 Å². The third-order valence-corrected chi connectivity index (χ3v) is 4.88. The lowest BCUT2D eigenvalue weighted by atomic mass is 10.6. The van der Waals surface area contributed by atoms with Gasteiger partial charge in [-0.1, -0.05) is 12.2 Å². The van der Waals surface area contributed by atoms with Crippen molar-refractivity contribution in [3.05, 3.63) is 25.3 Å². The van der Waals surface area contributed by atoms with Crippen molar-refractivity contribution in [1.82, 2.24) is 0 Å². The highest BCUT2D eigenvalue weighted by atomic mass is 32.2. The molecule has 0 saturated heterocycles. The summed E-state index contributed by atoms with van der Waals surface area (Å²) in [6, 6.07) is 0. The summed E-state index contributed by atoms with van der Waals surface area (Å²) in [4.78, 5) is 0. The van der Waals surface area contributed by atoms with Crippen LogP contribution in [0.15, 0.2) is 25.3 Å². The Hall–Kier alpha value is 0.530. The van der Waals surface area contributed by atoms with Gasteiger partial charge in [0.1, 0.15) is 0 Å². The van der Waals surface area contributed by atoms with E-state index < -0.39 is 0 Å². The quantitative estimate of drug-likeness (QED) is 0.379. The van der Waals surface area contributed by atoms with Crippen molar-refractivity contribution in [2.24, 2.45) is 0 Å². The van der Waals surface area contributed by atoms with Crippen molar-refractivity contribution in [3.8, 4) is 0 Å². The summed E-state index contributed by atoms with van der Waals surface area (Å²) in [5.41, 5.74) is 0. The molecule has 0 N–H and O–H groups in total. The van der Waals surface area contributed by atoms with E-state index in [1.165, 1.54) is 35.9 Å². The molecule has 0 aromatic rings. The maximum atomic E-state index is 3.71. The third kappa shape index (κ3) is 14.5. The Labute approximate surface area is 108 Å². The number of rotatable bonds is 12. The van der Waals surface area contributed by atoms with Crippen molar-refractivity contribution in [3.63, 3.8) is 0 Å². The standard InChI is InChI=1S/C12H22S3/c1-3-7-13-9-5-11-15-12-6-10-14-8-4-2/h3-4H,1-2,5-12H2. The predicted molar refractivity (Wildman–Crippen MR) is 81.6 cm³/mol. The molecule has 0 fully saturated rings. The topological polar surface area (TPSA) is 0 Å². The summed E-state index contributed by atoms with van der Waals surface area (Å²) in [7, 11) is 0. The van der Waals surface area contributed by atoms with Crippen LogP contribution < -0.4 is 0 Å². The fraction of sp³-hybridized carbons (Fsp3) is 0.667. The Morgan fingerprint density at radius 3 is 1.47 bits per heavy atom. The fourth-order valence-electron chi connectivity index (χ4n) is 0.961. The zero-order valence-electron chi connectivity index (χ0n) is 9.45. The van der Waals surface area contributed by atoms with Crippen LogP contribution >= 0.6 is 35.3 Å². The van der Waals surface area contributed by atoms with Gasteiger partial charge in [-0.15, -0.1) is 13.2 Å². The highest BCUT2D eigenvalue weighted by molar-refractivity contribution is 8.00. The van der Waals surface area contributed by atoms with Crippen LogP contribution in [0.25, 0.3) is 0 Å². The molecule has 0 spiro atoms. The zero-order chi connectivity index (χ0) is 11.2. The Balaban J connectivity index is 2.86. The first-order chi connectivity index (χ1) is 7.41. The lowest BCUT2D eigenvalue weighted by Gasteiger charge is -2.01. The molecule has 0 aliphatic rings. The maximum absolute atomic E-state index is 3.71. The molecule has 0 aliphatic carbocycles. The molecule has 88 valence electrons. The van der Waals surface area contributed by atoms with Crippen LogP contribution in [0.4, 0.5) is 0 Å². The summed E-state index contributed by atoms with van der Waals surface area (Å²) in [6.45, 7) is 7.42. The minimum atomic E-state index is 1.10. The smallest absolute Gasteiger partial charge is 0.0110 e. The molecule has 0 radical (unpaired) electrons. The summed E-state index contributed by atoms with van der Waals surface area (Å²) < 4.78 is 0. The molecule has 0 aliphatic heterocycles. The van der Waals surface area contributed by atoms with Gasteiger partial charge < -0.3 is 0 Å². The first-order valence-electron chi connectivity index (χ1n) is 5.37. The SMILES string of the molecule is C=CCSCCCSCCCSCC=C. The molecule has 15 heavy (non-hydrogen) atoms. The van der Waals surface area contributed by atoms with Gasteiger partial charge in [-0.3, -0.25) is 0 Å². The number of thioether (sulfide) groups is 3. The lowest BCUT2D eigenvalue weighted by molar-refractivity contribution is 1.09. The first kappa shape index (κ1) is 15.5. The van der Waals surface area contributed by atoms with E-state index in [1.54, 1.807) is 0 Å². The van der Waals surface area contributed by atoms with Crippen molar-refractivity contribution in [2.75, 3.05) is 34.5 Å². The van der Waals surface area contributed by atoms with E-state index in [4.69, 9.17) is 0 Å². The van der Waals surface area contributed by atoms with Gasteiger partial charge in [0.25, 0.3) is 0 Å². The second kappa shape index (κ2) is 14.5. The summed E-state index contributed by atoms with van der Waals surface area (Å²) in [6.07, 6.45) is 6.63. The lowest BCUT2D eigenvalue weighted by Crippen LogP contribution is -1.89. The van der Waals surface area contributed by atoms with Gasteiger partial charge in [0.2, 0.25) is 0 Å².